The van der Waals surface area contributed by atoms with Gasteiger partial charge in [-0.2, -0.15) is 0 Å². The Kier molecular flexibility index (Phi) is 3.33. The van der Waals surface area contributed by atoms with Crippen LogP contribution in [0.25, 0.3) is 0 Å². The Labute approximate surface area is 117 Å². The smallest absolute Gasteiger partial charge is 0.254 e. The molecule has 2 fully saturated rings. The van der Waals surface area contributed by atoms with E-state index < -0.39 is 0 Å². The lowest BCUT2D eigenvalue weighted by atomic mass is 10.1. The summed E-state index contributed by atoms with van der Waals surface area (Å²) in [6, 6.07) is 2.27. The third kappa shape index (κ3) is 2.40. The topological polar surface area (TPSA) is 71.2 Å². The van der Waals surface area contributed by atoms with Crippen LogP contribution in [-0.4, -0.2) is 41.0 Å². The molecule has 102 valence electrons. The Morgan fingerprint density at radius 1 is 1.47 bits per heavy atom. The van der Waals surface area contributed by atoms with Gasteiger partial charge in [0.1, 0.15) is 5.15 Å². The molecule has 0 saturated carbocycles. The van der Waals surface area contributed by atoms with Crippen molar-refractivity contribution in [2.45, 2.75) is 31.3 Å². The van der Waals surface area contributed by atoms with Crippen LogP contribution in [0, 0.1) is 0 Å². The summed E-state index contributed by atoms with van der Waals surface area (Å²) in [6.45, 7) is 2.22. The predicted molar refractivity (Wildman–Crippen MR) is 74.1 cm³/mol. The Morgan fingerprint density at radius 3 is 3.16 bits per heavy atom. The molecule has 1 aromatic heterocycles. The second kappa shape index (κ2) is 4.98. The van der Waals surface area contributed by atoms with Gasteiger partial charge in [-0.15, -0.1) is 0 Å². The minimum Gasteiger partial charge on any atom is -0.397 e. The second-order valence-corrected chi connectivity index (χ2v) is 5.58. The lowest BCUT2D eigenvalue weighted by Crippen LogP contribution is -2.42. The number of rotatable bonds is 2. The monoisotopic (exact) mass is 280 g/mol. The van der Waals surface area contributed by atoms with Crippen LogP contribution in [0.3, 0.4) is 0 Å². The number of halogens is 1. The molecule has 6 heteroatoms. The number of nitrogens with zero attached hydrogens (tertiary/aromatic N) is 2. The van der Waals surface area contributed by atoms with Crippen LogP contribution in [-0.2, 0) is 0 Å². The van der Waals surface area contributed by atoms with E-state index in [-0.39, 0.29) is 17.1 Å². The number of nitrogens with one attached hydrogen (secondary N) is 1. The molecule has 5 nitrogen and oxygen atoms in total. The third-order valence-corrected chi connectivity index (χ3v) is 4.33. The highest BCUT2D eigenvalue weighted by Crippen LogP contribution is 2.28. The molecule has 0 bridgehead atoms. The Morgan fingerprint density at radius 2 is 2.32 bits per heavy atom. The minimum atomic E-state index is -0.177. The molecular weight excluding hydrogens is 264 g/mol. The first-order chi connectivity index (χ1) is 9.15. The number of hydrogen-bond acceptors (Lipinski definition) is 4. The van der Waals surface area contributed by atoms with E-state index >= 15 is 0 Å². The standard InChI is InChI=1S/C13H17ClN4O/c14-12-9(6-8(15)7-16-12)13(19)17-10-3-5-18-4-1-2-11(10)18/h6-7,10-11H,1-5,15H2,(H,17,19). The summed E-state index contributed by atoms with van der Waals surface area (Å²) >= 11 is 5.95. The molecule has 1 aromatic rings. The molecule has 19 heavy (non-hydrogen) atoms. The number of pyridine rings is 1. The fourth-order valence-electron chi connectivity index (χ4n) is 3.12. The largest absolute Gasteiger partial charge is 0.397 e. The number of fused-ring (bicyclic) bond motifs is 1. The van der Waals surface area contributed by atoms with Crippen molar-refractivity contribution in [3.8, 4) is 0 Å². The average molecular weight is 281 g/mol. The summed E-state index contributed by atoms with van der Waals surface area (Å²) in [4.78, 5) is 18.6. The molecule has 2 atom stereocenters. The van der Waals surface area contributed by atoms with E-state index in [9.17, 15) is 4.79 Å². The van der Waals surface area contributed by atoms with Gasteiger partial charge in [0.2, 0.25) is 0 Å². The van der Waals surface area contributed by atoms with E-state index in [2.05, 4.69) is 15.2 Å². The van der Waals surface area contributed by atoms with Crippen molar-refractivity contribution in [2.75, 3.05) is 18.8 Å². The van der Waals surface area contributed by atoms with Crippen molar-refractivity contribution in [2.24, 2.45) is 0 Å². The van der Waals surface area contributed by atoms with E-state index in [0.717, 1.165) is 25.9 Å². The van der Waals surface area contributed by atoms with Gasteiger partial charge in [0, 0.05) is 18.6 Å². The van der Waals surface area contributed by atoms with Gasteiger partial charge >= 0.3 is 0 Å². The van der Waals surface area contributed by atoms with Gasteiger partial charge in [-0.1, -0.05) is 11.6 Å². The van der Waals surface area contributed by atoms with Crippen molar-refractivity contribution < 1.29 is 4.79 Å². The van der Waals surface area contributed by atoms with E-state index in [1.54, 1.807) is 6.07 Å². The predicted octanol–water partition coefficient (Wildman–Crippen LogP) is 1.28. The van der Waals surface area contributed by atoms with E-state index in [4.69, 9.17) is 17.3 Å². The first-order valence-electron chi connectivity index (χ1n) is 6.61. The molecule has 0 radical (unpaired) electrons. The molecule has 2 aliphatic heterocycles. The number of carbonyl (C=O) groups is 1. The first kappa shape index (κ1) is 12.7. The SMILES string of the molecule is Nc1cnc(Cl)c(C(=O)NC2CCN3CCCC23)c1. The number of carbonyl (C=O) groups excluding carboxylic acids is 1. The van der Waals surface area contributed by atoms with Crippen molar-refractivity contribution in [3.63, 3.8) is 0 Å². The van der Waals surface area contributed by atoms with Crippen molar-refractivity contribution in [1.82, 2.24) is 15.2 Å². The van der Waals surface area contributed by atoms with Crippen molar-refractivity contribution in [1.29, 1.82) is 0 Å². The Balaban J connectivity index is 1.73. The molecular formula is C13H17ClN4O. The van der Waals surface area contributed by atoms with Crippen LogP contribution in [0.2, 0.25) is 5.15 Å². The van der Waals surface area contributed by atoms with Gasteiger partial charge in [-0.25, -0.2) is 4.98 Å². The molecule has 3 N–H and O–H groups in total. The van der Waals surface area contributed by atoms with Crippen LogP contribution < -0.4 is 11.1 Å². The van der Waals surface area contributed by atoms with Crippen LogP contribution in [0.4, 0.5) is 5.69 Å². The van der Waals surface area contributed by atoms with Gasteiger partial charge in [0.25, 0.3) is 5.91 Å². The number of amides is 1. The normalized spacial score (nSPS) is 26.4. The van der Waals surface area contributed by atoms with E-state index in [1.165, 1.54) is 12.6 Å². The number of nitrogens with two attached hydrogens (primary N) is 1. The molecule has 3 rings (SSSR count). The number of anilines is 1. The molecule has 2 saturated heterocycles. The van der Waals surface area contributed by atoms with Gasteiger partial charge in [0.15, 0.2) is 0 Å². The number of nitrogen functional groups attached to an aromatic ring is 1. The number of aromatic nitrogens is 1. The maximum Gasteiger partial charge on any atom is 0.254 e. The zero-order valence-electron chi connectivity index (χ0n) is 10.6. The third-order valence-electron chi connectivity index (χ3n) is 4.03. The molecule has 2 unspecified atom stereocenters. The lowest BCUT2D eigenvalue weighted by molar-refractivity contribution is 0.0929. The van der Waals surface area contributed by atoms with Crippen LogP contribution in [0.15, 0.2) is 12.3 Å². The fraction of sp³-hybridized carbons (Fsp3) is 0.538. The quantitative estimate of drug-likeness (QED) is 0.801. The summed E-state index contributed by atoms with van der Waals surface area (Å²) in [5.41, 5.74) is 6.46. The fourth-order valence-corrected chi connectivity index (χ4v) is 3.31. The lowest BCUT2D eigenvalue weighted by Gasteiger charge is -2.21. The van der Waals surface area contributed by atoms with Gasteiger partial charge in [-0.05, 0) is 31.9 Å². The summed E-state index contributed by atoms with van der Waals surface area (Å²) in [5.74, 6) is -0.177. The zero-order chi connectivity index (χ0) is 13.4. The van der Waals surface area contributed by atoms with Gasteiger partial charge < -0.3 is 11.1 Å². The highest BCUT2D eigenvalue weighted by molar-refractivity contribution is 6.32. The molecule has 2 aliphatic rings. The molecule has 3 heterocycles. The summed E-state index contributed by atoms with van der Waals surface area (Å²) in [7, 11) is 0. The highest BCUT2D eigenvalue weighted by atomic mass is 35.5. The van der Waals surface area contributed by atoms with E-state index in [0.29, 0.717) is 17.3 Å². The van der Waals surface area contributed by atoms with Gasteiger partial charge in [0.05, 0.1) is 17.4 Å². The van der Waals surface area contributed by atoms with Crippen molar-refractivity contribution >= 4 is 23.2 Å². The average Bonchev–Trinajstić information content (AvgIpc) is 2.97. The summed E-state index contributed by atoms with van der Waals surface area (Å²) in [5, 5.41) is 3.28. The van der Waals surface area contributed by atoms with Gasteiger partial charge in [-0.3, -0.25) is 9.69 Å². The summed E-state index contributed by atoms with van der Waals surface area (Å²) < 4.78 is 0. The molecule has 0 spiro atoms. The Bertz CT molecular complexity index is 507. The van der Waals surface area contributed by atoms with Crippen LogP contribution in [0.1, 0.15) is 29.6 Å². The molecule has 0 aromatic carbocycles. The van der Waals surface area contributed by atoms with Crippen molar-refractivity contribution in [3.05, 3.63) is 23.0 Å². The zero-order valence-corrected chi connectivity index (χ0v) is 11.4. The summed E-state index contributed by atoms with van der Waals surface area (Å²) in [6.07, 6.45) is 4.84. The van der Waals surface area contributed by atoms with Crippen LogP contribution >= 0.6 is 11.6 Å². The first-order valence-corrected chi connectivity index (χ1v) is 6.99. The van der Waals surface area contributed by atoms with E-state index in [1.807, 2.05) is 0 Å². The Hall–Kier alpha value is -1.33. The van der Waals surface area contributed by atoms with Crippen LogP contribution in [0.5, 0.6) is 0 Å². The maximum atomic E-state index is 12.3. The molecule has 0 aliphatic carbocycles. The number of hydrogen-bond donors (Lipinski definition) is 2. The maximum absolute atomic E-state index is 12.3. The molecule has 1 amide bonds. The minimum absolute atomic E-state index is 0.177. The highest BCUT2D eigenvalue weighted by Gasteiger charge is 2.38. The second-order valence-electron chi connectivity index (χ2n) is 5.22.